The minimum atomic E-state index is -4.90. The van der Waals surface area contributed by atoms with Gasteiger partial charge in [-0.05, 0) is 112 Å². The summed E-state index contributed by atoms with van der Waals surface area (Å²) in [6.45, 7) is 12.2. The molecule has 0 radical (unpaired) electrons. The molecule has 3 saturated carbocycles. The first kappa shape index (κ1) is 69.7. The van der Waals surface area contributed by atoms with Crippen LogP contribution in [0.1, 0.15) is 107 Å². The van der Waals surface area contributed by atoms with Crippen LogP contribution in [0.15, 0.2) is 11.6 Å². The van der Waals surface area contributed by atoms with Crippen LogP contribution in [0.3, 0.4) is 0 Å². The Hall–Kier alpha value is -1.68. The van der Waals surface area contributed by atoms with E-state index in [4.69, 9.17) is 51.6 Å². The van der Waals surface area contributed by atoms with Gasteiger partial charge in [0.1, 0.15) is 110 Å². The summed E-state index contributed by atoms with van der Waals surface area (Å²) >= 11 is 0. The number of aliphatic hydroxyl groups is 14. The summed E-state index contributed by atoms with van der Waals surface area (Å²) < 4.78 is 101. The maximum atomic E-state index is 13.3. The summed E-state index contributed by atoms with van der Waals surface area (Å²) in [4.78, 5) is 13.3. The van der Waals surface area contributed by atoms with Crippen molar-refractivity contribution in [3.63, 3.8) is 0 Å². The summed E-state index contributed by atoms with van der Waals surface area (Å²) in [6.07, 6.45) is -41.5. The van der Waals surface area contributed by atoms with Gasteiger partial charge in [-0.15, -0.1) is 0 Å². The molecule has 4 aliphatic carbocycles. The smallest absolute Gasteiger partial charge is 0.394 e. The number of Topliss-reactive ketones (excluding diaryl/α,β-unsaturated/α-hetero) is 1. The molecule has 502 valence electrons. The molecule has 0 aromatic heterocycles. The number of fused-ring (bicyclic) bond motifs is 5. The molecule has 0 aromatic carbocycles. The number of hydrogen-bond donors (Lipinski definition) is 15. The molecule has 35 atom stereocenters. The number of rotatable bonds is 19. The summed E-state index contributed by atoms with van der Waals surface area (Å²) in [5.74, 6) is -0.919. The number of carbonyl (C=O) groups excluding carboxylic acids is 1. The lowest BCUT2D eigenvalue weighted by Crippen LogP contribution is -2.69. The zero-order chi connectivity index (χ0) is 63.8. The number of carbonyl (C=O) groups is 1. The lowest BCUT2D eigenvalue weighted by molar-refractivity contribution is -0.409. The van der Waals surface area contributed by atoms with Crippen LogP contribution in [0.2, 0.25) is 0 Å². The van der Waals surface area contributed by atoms with Gasteiger partial charge in [0.25, 0.3) is 0 Å². The van der Waals surface area contributed by atoms with Crippen LogP contribution >= 0.6 is 0 Å². The predicted octanol–water partition coefficient (Wildman–Crippen LogP) is -3.46. The Morgan fingerprint density at radius 1 is 0.586 bits per heavy atom. The van der Waals surface area contributed by atoms with Crippen molar-refractivity contribution in [2.45, 2.75) is 279 Å². The summed E-state index contributed by atoms with van der Waals surface area (Å²) in [5.41, 5.74) is 0.248. The van der Waals surface area contributed by atoms with Crippen molar-refractivity contribution in [3.05, 3.63) is 11.6 Å². The van der Waals surface area contributed by atoms with Crippen molar-refractivity contribution in [2.75, 3.05) is 13.2 Å². The second kappa shape index (κ2) is 27.3. The molecule has 15 N–H and O–H groups in total. The zero-order valence-corrected chi connectivity index (χ0v) is 50.9. The first-order chi connectivity index (χ1) is 40.7. The molecule has 0 spiro atoms. The molecule has 8 fully saturated rings. The largest absolute Gasteiger partial charge is 0.397 e. The van der Waals surface area contributed by atoms with Gasteiger partial charge in [-0.25, -0.2) is 4.18 Å². The van der Waals surface area contributed by atoms with Crippen LogP contribution in [0.5, 0.6) is 0 Å². The third kappa shape index (κ3) is 13.7. The number of hydrogen-bond acceptors (Lipinski definition) is 28. The highest BCUT2D eigenvalue weighted by atomic mass is 32.3. The molecule has 5 aliphatic heterocycles. The normalized spacial score (nSPS) is 51.2. The van der Waals surface area contributed by atoms with Crippen LogP contribution in [0, 0.1) is 46.3 Å². The number of allylic oxidation sites excluding steroid dienone is 2. The van der Waals surface area contributed by atoms with Gasteiger partial charge >= 0.3 is 10.4 Å². The quantitative estimate of drug-likeness (QED) is 0.0441. The minimum Gasteiger partial charge on any atom is -0.394 e. The maximum Gasteiger partial charge on any atom is 0.397 e. The highest BCUT2D eigenvalue weighted by Gasteiger charge is 2.63. The second-order valence-corrected chi connectivity index (χ2v) is 27.9. The SMILES string of the molecule is CC(C)C(O)C(=O)CC(C)C1CCC2C3CC(OC4OC(C)C(O)C(OC5OC(CO)C(OC6OC(CO)C(O)C(O)C6OC6OC(C)C(O)C(O)C6O)C(O)C5OC5OC(C)C(O)C(O)C5O)C4O)C4CC(OS(=O)(=O)O)CCC4(C)C3=CCC12C. The maximum absolute atomic E-state index is 13.3. The summed E-state index contributed by atoms with van der Waals surface area (Å²) in [7, 11) is -4.90. The Bertz CT molecular complexity index is 2460. The lowest BCUT2D eigenvalue weighted by atomic mass is 9.47. The monoisotopic (exact) mass is 1270 g/mol. The molecule has 9 rings (SSSR count). The van der Waals surface area contributed by atoms with E-state index >= 15 is 0 Å². The third-order valence-corrected chi connectivity index (χ3v) is 21.5. The van der Waals surface area contributed by atoms with Crippen molar-refractivity contribution in [2.24, 2.45) is 46.3 Å². The summed E-state index contributed by atoms with van der Waals surface area (Å²) in [6, 6.07) is 0. The number of ether oxygens (including phenoxy) is 10. The minimum absolute atomic E-state index is 0.0520. The summed E-state index contributed by atoms with van der Waals surface area (Å²) in [5, 5.41) is 156. The van der Waals surface area contributed by atoms with Gasteiger partial charge in [-0.3, -0.25) is 9.35 Å². The highest BCUT2D eigenvalue weighted by molar-refractivity contribution is 7.80. The van der Waals surface area contributed by atoms with Crippen molar-refractivity contribution in [3.8, 4) is 0 Å². The van der Waals surface area contributed by atoms with Crippen molar-refractivity contribution in [1.82, 2.24) is 0 Å². The Morgan fingerprint density at radius 3 is 1.66 bits per heavy atom. The average molecular weight is 1280 g/mol. The topological polar surface area (TPSA) is 456 Å². The van der Waals surface area contributed by atoms with Gasteiger partial charge < -0.3 is 119 Å². The van der Waals surface area contributed by atoms with Crippen LogP contribution in [-0.4, -0.2) is 275 Å². The molecule has 5 heterocycles. The lowest BCUT2D eigenvalue weighted by Gasteiger charge is -2.59. The van der Waals surface area contributed by atoms with Crippen molar-refractivity contribution < 1.29 is 141 Å². The Balaban J connectivity index is 1.00. The fourth-order valence-corrected chi connectivity index (χ4v) is 16.4. The average Bonchev–Trinajstić information content (AvgIpc) is 1.85. The van der Waals surface area contributed by atoms with Crippen molar-refractivity contribution >= 4 is 16.2 Å². The number of aliphatic hydroxyl groups excluding tert-OH is 14. The predicted molar refractivity (Wildman–Crippen MR) is 292 cm³/mol. The van der Waals surface area contributed by atoms with Gasteiger partial charge in [-0.1, -0.05) is 46.3 Å². The molecule has 29 nitrogen and oxygen atoms in total. The molecule has 9 aliphatic rings. The van der Waals surface area contributed by atoms with E-state index in [1.807, 2.05) is 0 Å². The molecular formula is C57H94O29S. The van der Waals surface area contributed by atoms with Gasteiger partial charge in [0, 0.05) is 6.42 Å². The zero-order valence-electron chi connectivity index (χ0n) is 50.1. The first-order valence-corrected chi connectivity index (χ1v) is 31.9. The van der Waals surface area contributed by atoms with Gasteiger partial charge in [0.2, 0.25) is 0 Å². The van der Waals surface area contributed by atoms with Crippen molar-refractivity contribution in [1.29, 1.82) is 0 Å². The van der Waals surface area contributed by atoms with E-state index in [-0.39, 0.29) is 60.1 Å². The Labute approximate surface area is 505 Å². The van der Waals surface area contributed by atoms with Gasteiger partial charge in [0.15, 0.2) is 37.2 Å². The standard InChI is InChI=1S/C57H94O29S/c1-20(2)35(61)31(60)15-21(3)27-9-10-28-26-17-32(30-16-25(86-87(73,74)75)11-13-57(30,8)29(26)12-14-56(27,28)7)79-53-46(72)48(38(64)24(6)78-53)83-55-50(85-52-44(70)41(67)37(63)23(5)77-52)45(71)47(34(19-59)81-55)82-54-49(42(68)39(65)33(18-58)80-54)84-51-43(69)40(66)36(62)22(4)76-51/h12,20-28,30,32-55,58-59,61-72H,9-11,13-19H2,1-8H3,(H,73,74,75). The molecule has 5 saturated heterocycles. The molecule has 30 heteroatoms. The molecule has 35 unspecified atom stereocenters. The molecule has 87 heavy (non-hydrogen) atoms. The van der Waals surface area contributed by atoms with E-state index < -0.39 is 207 Å². The molecule has 0 aromatic rings. The van der Waals surface area contributed by atoms with E-state index in [1.54, 1.807) is 13.8 Å². The Kier molecular flexibility index (Phi) is 21.9. The van der Waals surface area contributed by atoms with E-state index in [0.717, 1.165) is 12.8 Å². The van der Waals surface area contributed by atoms with Gasteiger partial charge in [-0.2, -0.15) is 8.42 Å². The van der Waals surface area contributed by atoms with Gasteiger partial charge in [0.05, 0.1) is 43.7 Å². The fourth-order valence-electron chi connectivity index (χ4n) is 15.9. The van der Waals surface area contributed by atoms with Crippen LogP contribution in [-0.2, 0) is 66.7 Å². The van der Waals surface area contributed by atoms with E-state index in [9.17, 15) is 89.3 Å². The first-order valence-electron chi connectivity index (χ1n) is 30.6. The Morgan fingerprint density at radius 2 is 1.10 bits per heavy atom. The van der Waals surface area contributed by atoms with E-state index in [1.165, 1.54) is 26.3 Å². The third-order valence-electron chi connectivity index (χ3n) is 21.0. The fraction of sp³-hybridized carbons (Fsp3) is 0.947. The van der Waals surface area contributed by atoms with E-state index in [0.29, 0.717) is 19.3 Å². The van der Waals surface area contributed by atoms with E-state index in [2.05, 4.69) is 26.8 Å². The van der Waals surface area contributed by atoms with Crippen LogP contribution in [0.25, 0.3) is 0 Å². The molecule has 0 amide bonds. The highest BCUT2D eigenvalue weighted by Crippen LogP contribution is 2.67. The second-order valence-electron chi connectivity index (χ2n) is 26.8. The molecule has 0 bridgehead atoms. The molecular weight excluding hydrogens is 1180 g/mol. The number of ketones is 1. The van der Waals surface area contributed by atoms with Crippen LogP contribution < -0.4 is 0 Å². The van der Waals surface area contributed by atoms with Crippen LogP contribution in [0.4, 0.5) is 0 Å².